The number of halogens is 1. The van der Waals surface area contributed by atoms with Gasteiger partial charge in [0.15, 0.2) is 0 Å². The average Bonchev–Trinajstić information content (AvgIpc) is 2.51. The Morgan fingerprint density at radius 2 is 1.91 bits per heavy atom. The van der Waals surface area contributed by atoms with Crippen molar-refractivity contribution in [3.63, 3.8) is 0 Å². The van der Waals surface area contributed by atoms with Gasteiger partial charge in [0.1, 0.15) is 5.75 Å². The maximum absolute atomic E-state index is 12.2. The SMILES string of the molecule is CCCCC(CN)NC(=O)c1ccc(OC(C)CC)cc1.Cl. The van der Waals surface area contributed by atoms with Crippen LogP contribution in [0, 0.1) is 0 Å². The van der Waals surface area contributed by atoms with Crippen LogP contribution in [0.2, 0.25) is 0 Å². The highest BCUT2D eigenvalue weighted by Gasteiger charge is 2.12. The second kappa shape index (κ2) is 11.3. The second-order valence-electron chi connectivity index (χ2n) is 5.41. The van der Waals surface area contributed by atoms with Crippen LogP contribution in [0.4, 0.5) is 0 Å². The quantitative estimate of drug-likeness (QED) is 0.728. The minimum Gasteiger partial charge on any atom is -0.491 e. The molecule has 2 unspecified atom stereocenters. The molecule has 2 atom stereocenters. The van der Waals surface area contributed by atoms with Crippen LogP contribution >= 0.6 is 12.4 Å². The van der Waals surface area contributed by atoms with Crippen molar-refractivity contribution in [2.45, 2.75) is 58.6 Å². The topological polar surface area (TPSA) is 64.3 Å². The van der Waals surface area contributed by atoms with Crippen LogP contribution < -0.4 is 15.8 Å². The van der Waals surface area contributed by atoms with Crippen LogP contribution in [0.1, 0.15) is 56.8 Å². The Hall–Kier alpha value is -1.26. The Balaban J connectivity index is 0.00000441. The third-order valence-electron chi connectivity index (χ3n) is 3.55. The van der Waals surface area contributed by atoms with Crippen molar-refractivity contribution in [1.29, 1.82) is 0 Å². The number of carbonyl (C=O) groups is 1. The summed E-state index contributed by atoms with van der Waals surface area (Å²) in [5.74, 6) is 0.721. The number of nitrogens with two attached hydrogens (primary N) is 1. The molecule has 0 aromatic heterocycles. The second-order valence-corrected chi connectivity index (χ2v) is 5.41. The van der Waals surface area contributed by atoms with Crippen molar-refractivity contribution in [3.8, 4) is 5.75 Å². The van der Waals surface area contributed by atoms with Crippen LogP contribution in [-0.4, -0.2) is 24.6 Å². The summed E-state index contributed by atoms with van der Waals surface area (Å²) >= 11 is 0. The number of unbranched alkanes of at least 4 members (excludes halogenated alkanes) is 1. The molecule has 1 rings (SSSR count). The predicted octanol–water partition coefficient (Wildman–Crippen LogP) is 3.53. The number of ether oxygens (including phenoxy) is 1. The lowest BCUT2D eigenvalue weighted by atomic mass is 10.1. The molecular formula is C17H29ClN2O2. The maximum Gasteiger partial charge on any atom is 0.251 e. The molecule has 4 nitrogen and oxygen atoms in total. The van der Waals surface area contributed by atoms with E-state index in [1.54, 1.807) is 12.1 Å². The Morgan fingerprint density at radius 3 is 2.41 bits per heavy atom. The van der Waals surface area contributed by atoms with Gasteiger partial charge in [-0.25, -0.2) is 0 Å². The van der Waals surface area contributed by atoms with Gasteiger partial charge in [-0.1, -0.05) is 26.7 Å². The molecule has 0 bridgehead atoms. The predicted molar refractivity (Wildman–Crippen MR) is 93.9 cm³/mol. The molecule has 22 heavy (non-hydrogen) atoms. The zero-order valence-electron chi connectivity index (χ0n) is 13.8. The molecule has 0 aliphatic carbocycles. The van der Waals surface area contributed by atoms with E-state index < -0.39 is 0 Å². The number of hydrogen-bond acceptors (Lipinski definition) is 3. The number of rotatable bonds is 9. The van der Waals surface area contributed by atoms with E-state index in [9.17, 15) is 4.79 Å². The standard InChI is InChI=1S/C17H28N2O2.ClH/c1-4-6-7-15(12-18)19-17(20)14-8-10-16(11-9-14)21-13(3)5-2;/h8-11,13,15H,4-7,12,18H2,1-3H3,(H,19,20);1H. The largest absolute Gasteiger partial charge is 0.491 e. The van der Waals surface area contributed by atoms with Crippen LogP contribution in [0.5, 0.6) is 5.75 Å². The van der Waals surface area contributed by atoms with Crippen molar-refractivity contribution in [2.24, 2.45) is 5.73 Å². The Labute approximate surface area is 140 Å². The van der Waals surface area contributed by atoms with Crippen LogP contribution in [0.3, 0.4) is 0 Å². The van der Waals surface area contributed by atoms with Gasteiger partial charge < -0.3 is 15.8 Å². The molecule has 0 heterocycles. The van der Waals surface area contributed by atoms with Gasteiger partial charge in [-0.3, -0.25) is 4.79 Å². The molecule has 1 amide bonds. The minimum absolute atomic E-state index is 0. The summed E-state index contributed by atoms with van der Waals surface area (Å²) in [7, 11) is 0. The van der Waals surface area contributed by atoms with Gasteiger partial charge in [-0.05, 0) is 44.0 Å². The summed E-state index contributed by atoms with van der Waals surface area (Å²) < 4.78 is 5.70. The third-order valence-corrected chi connectivity index (χ3v) is 3.55. The summed E-state index contributed by atoms with van der Waals surface area (Å²) in [6.45, 7) is 6.71. The fraction of sp³-hybridized carbons (Fsp3) is 0.588. The monoisotopic (exact) mass is 328 g/mol. The maximum atomic E-state index is 12.2. The number of amides is 1. The van der Waals surface area contributed by atoms with E-state index in [0.717, 1.165) is 31.4 Å². The zero-order chi connectivity index (χ0) is 15.7. The van der Waals surface area contributed by atoms with Gasteiger partial charge in [-0.2, -0.15) is 0 Å². The summed E-state index contributed by atoms with van der Waals surface area (Å²) in [5.41, 5.74) is 6.34. The number of nitrogens with one attached hydrogen (secondary N) is 1. The van der Waals surface area contributed by atoms with Crippen molar-refractivity contribution >= 4 is 18.3 Å². The van der Waals surface area contributed by atoms with Crippen molar-refractivity contribution < 1.29 is 9.53 Å². The summed E-state index contributed by atoms with van der Waals surface area (Å²) in [6.07, 6.45) is 4.24. The van der Waals surface area contributed by atoms with E-state index in [2.05, 4.69) is 19.2 Å². The molecule has 0 fully saturated rings. The van der Waals surface area contributed by atoms with Gasteiger partial charge in [0.05, 0.1) is 6.10 Å². The highest BCUT2D eigenvalue weighted by Crippen LogP contribution is 2.15. The third kappa shape index (κ3) is 7.14. The fourth-order valence-electron chi connectivity index (χ4n) is 1.97. The summed E-state index contributed by atoms with van der Waals surface area (Å²) in [5, 5.41) is 2.98. The lowest BCUT2D eigenvalue weighted by Crippen LogP contribution is -2.40. The van der Waals surface area contributed by atoms with Gasteiger partial charge in [0.2, 0.25) is 0 Å². The van der Waals surface area contributed by atoms with Crippen molar-refractivity contribution in [2.75, 3.05) is 6.54 Å². The smallest absolute Gasteiger partial charge is 0.251 e. The first-order valence-electron chi connectivity index (χ1n) is 7.88. The molecule has 0 radical (unpaired) electrons. The van der Waals surface area contributed by atoms with Gasteiger partial charge in [0.25, 0.3) is 5.91 Å². The van der Waals surface area contributed by atoms with Crippen LogP contribution in [-0.2, 0) is 0 Å². The Bertz CT molecular complexity index is 423. The Kier molecular flexibility index (Phi) is 10.7. The van der Waals surface area contributed by atoms with E-state index >= 15 is 0 Å². The lowest BCUT2D eigenvalue weighted by Gasteiger charge is -2.17. The zero-order valence-corrected chi connectivity index (χ0v) is 14.6. The first-order valence-corrected chi connectivity index (χ1v) is 7.88. The fourth-order valence-corrected chi connectivity index (χ4v) is 1.97. The molecule has 0 saturated heterocycles. The molecule has 1 aromatic carbocycles. The highest BCUT2D eigenvalue weighted by molar-refractivity contribution is 5.94. The number of carbonyl (C=O) groups excluding carboxylic acids is 1. The number of hydrogen-bond donors (Lipinski definition) is 2. The lowest BCUT2D eigenvalue weighted by molar-refractivity contribution is 0.0935. The van der Waals surface area contributed by atoms with E-state index in [1.165, 1.54) is 0 Å². The van der Waals surface area contributed by atoms with Crippen molar-refractivity contribution in [1.82, 2.24) is 5.32 Å². The molecule has 0 spiro atoms. The van der Waals surface area contributed by atoms with E-state index in [4.69, 9.17) is 10.5 Å². The summed E-state index contributed by atoms with van der Waals surface area (Å²) in [6, 6.07) is 7.31. The first-order chi connectivity index (χ1) is 10.1. The molecule has 0 aliphatic rings. The van der Waals surface area contributed by atoms with Gasteiger partial charge in [0, 0.05) is 18.2 Å². The molecule has 1 aromatic rings. The van der Waals surface area contributed by atoms with Gasteiger partial charge >= 0.3 is 0 Å². The van der Waals surface area contributed by atoms with Crippen molar-refractivity contribution in [3.05, 3.63) is 29.8 Å². The average molecular weight is 329 g/mol. The first kappa shape index (κ1) is 20.7. The molecular weight excluding hydrogens is 300 g/mol. The molecule has 3 N–H and O–H groups in total. The van der Waals surface area contributed by atoms with Crippen LogP contribution in [0.25, 0.3) is 0 Å². The van der Waals surface area contributed by atoms with Crippen LogP contribution in [0.15, 0.2) is 24.3 Å². The normalized spacial score (nSPS) is 12.9. The molecule has 126 valence electrons. The molecule has 0 saturated carbocycles. The van der Waals surface area contributed by atoms with Gasteiger partial charge in [-0.15, -0.1) is 12.4 Å². The van der Waals surface area contributed by atoms with E-state index in [1.807, 2.05) is 19.1 Å². The minimum atomic E-state index is -0.0726. The number of benzene rings is 1. The molecule has 5 heteroatoms. The van der Waals surface area contributed by atoms with E-state index in [0.29, 0.717) is 12.1 Å². The summed E-state index contributed by atoms with van der Waals surface area (Å²) in [4.78, 5) is 12.2. The van der Waals surface area contributed by atoms with E-state index in [-0.39, 0.29) is 30.5 Å². The highest BCUT2D eigenvalue weighted by atomic mass is 35.5. The molecule has 0 aliphatic heterocycles. The Morgan fingerprint density at radius 1 is 1.27 bits per heavy atom.